The van der Waals surface area contributed by atoms with Gasteiger partial charge in [0.1, 0.15) is 5.69 Å². The minimum atomic E-state index is -0.178. The SMILES string of the molecule is CCCN(CCC(=O)N1CCN(c2cccc(Cl)c2)CC1)C(=O)c1cnc(C)cn1. The van der Waals surface area contributed by atoms with Gasteiger partial charge in [0, 0.05) is 62.6 Å². The Kier molecular flexibility index (Phi) is 7.63. The number of anilines is 1. The molecule has 2 aromatic rings. The van der Waals surface area contributed by atoms with Crippen molar-refractivity contribution >= 4 is 29.1 Å². The number of benzene rings is 1. The first kappa shape index (κ1) is 22.0. The zero-order valence-electron chi connectivity index (χ0n) is 17.6. The van der Waals surface area contributed by atoms with Crippen molar-refractivity contribution in [1.29, 1.82) is 0 Å². The highest BCUT2D eigenvalue weighted by atomic mass is 35.5. The Labute approximate surface area is 182 Å². The summed E-state index contributed by atoms with van der Waals surface area (Å²) < 4.78 is 0. The van der Waals surface area contributed by atoms with Gasteiger partial charge in [-0.3, -0.25) is 14.6 Å². The molecule has 30 heavy (non-hydrogen) atoms. The minimum absolute atomic E-state index is 0.0737. The molecule has 3 rings (SSSR count). The van der Waals surface area contributed by atoms with E-state index in [4.69, 9.17) is 11.6 Å². The normalized spacial score (nSPS) is 14.0. The summed E-state index contributed by atoms with van der Waals surface area (Å²) in [4.78, 5) is 39.6. The Hall–Kier alpha value is -2.67. The van der Waals surface area contributed by atoms with Gasteiger partial charge in [0.2, 0.25) is 5.91 Å². The van der Waals surface area contributed by atoms with Crippen molar-refractivity contribution in [3.8, 4) is 0 Å². The molecule has 1 fully saturated rings. The Morgan fingerprint density at radius 3 is 2.50 bits per heavy atom. The Morgan fingerprint density at radius 1 is 1.10 bits per heavy atom. The van der Waals surface area contributed by atoms with E-state index >= 15 is 0 Å². The third-order valence-electron chi connectivity index (χ3n) is 5.18. The molecule has 8 heteroatoms. The number of rotatable bonds is 7. The van der Waals surface area contributed by atoms with Crippen molar-refractivity contribution in [3.05, 3.63) is 53.1 Å². The molecule has 0 N–H and O–H groups in total. The molecule has 2 heterocycles. The van der Waals surface area contributed by atoms with Crippen LogP contribution in [0.5, 0.6) is 0 Å². The lowest BCUT2D eigenvalue weighted by atomic mass is 10.2. The van der Waals surface area contributed by atoms with Crippen molar-refractivity contribution in [2.24, 2.45) is 0 Å². The van der Waals surface area contributed by atoms with Crippen molar-refractivity contribution in [2.75, 3.05) is 44.2 Å². The molecular formula is C22H28ClN5O2. The predicted octanol–water partition coefficient (Wildman–Crippen LogP) is 3.03. The van der Waals surface area contributed by atoms with E-state index in [0.29, 0.717) is 43.3 Å². The minimum Gasteiger partial charge on any atom is -0.368 e. The molecule has 0 unspecified atom stereocenters. The maximum atomic E-state index is 12.7. The van der Waals surface area contributed by atoms with E-state index < -0.39 is 0 Å². The van der Waals surface area contributed by atoms with Gasteiger partial charge in [-0.2, -0.15) is 0 Å². The first-order valence-corrected chi connectivity index (χ1v) is 10.7. The summed E-state index contributed by atoms with van der Waals surface area (Å²) in [5.74, 6) is -0.104. The third-order valence-corrected chi connectivity index (χ3v) is 5.42. The average molecular weight is 430 g/mol. The van der Waals surface area contributed by atoms with Gasteiger partial charge in [-0.1, -0.05) is 24.6 Å². The fraction of sp³-hybridized carbons (Fsp3) is 0.455. The molecule has 1 aromatic heterocycles. The van der Waals surface area contributed by atoms with Crippen LogP contribution in [-0.2, 0) is 4.79 Å². The third kappa shape index (κ3) is 5.69. The van der Waals surface area contributed by atoms with E-state index in [1.165, 1.54) is 6.20 Å². The van der Waals surface area contributed by atoms with Gasteiger partial charge in [-0.25, -0.2) is 4.98 Å². The summed E-state index contributed by atoms with van der Waals surface area (Å²) >= 11 is 6.09. The highest BCUT2D eigenvalue weighted by Gasteiger charge is 2.23. The van der Waals surface area contributed by atoms with Crippen LogP contribution < -0.4 is 4.90 Å². The molecular weight excluding hydrogens is 402 g/mol. The van der Waals surface area contributed by atoms with Crippen LogP contribution in [0.25, 0.3) is 0 Å². The molecule has 1 aliphatic heterocycles. The van der Waals surface area contributed by atoms with E-state index in [-0.39, 0.29) is 11.8 Å². The van der Waals surface area contributed by atoms with E-state index in [2.05, 4.69) is 14.9 Å². The number of aryl methyl sites for hydroxylation is 1. The molecule has 1 aromatic carbocycles. The second-order valence-corrected chi connectivity index (χ2v) is 7.87. The number of hydrogen-bond donors (Lipinski definition) is 0. The van der Waals surface area contributed by atoms with Gasteiger partial charge in [0.15, 0.2) is 0 Å². The van der Waals surface area contributed by atoms with Gasteiger partial charge in [0.05, 0.1) is 11.9 Å². The lowest BCUT2D eigenvalue weighted by Gasteiger charge is -2.36. The molecule has 0 atom stereocenters. The van der Waals surface area contributed by atoms with E-state index in [9.17, 15) is 9.59 Å². The van der Waals surface area contributed by atoms with E-state index in [1.54, 1.807) is 11.1 Å². The summed E-state index contributed by atoms with van der Waals surface area (Å²) in [6.07, 6.45) is 4.21. The second kappa shape index (κ2) is 10.4. The zero-order valence-corrected chi connectivity index (χ0v) is 18.3. The Balaban J connectivity index is 1.52. The predicted molar refractivity (Wildman–Crippen MR) is 118 cm³/mol. The Morgan fingerprint density at radius 2 is 1.87 bits per heavy atom. The maximum Gasteiger partial charge on any atom is 0.274 e. The zero-order chi connectivity index (χ0) is 21.5. The highest BCUT2D eigenvalue weighted by molar-refractivity contribution is 6.30. The van der Waals surface area contributed by atoms with Crippen LogP contribution in [0.1, 0.15) is 35.9 Å². The number of aromatic nitrogens is 2. The van der Waals surface area contributed by atoms with Crippen LogP contribution >= 0.6 is 11.6 Å². The lowest BCUT2D eigenvalue weighted by Crippen LogP contribution is -2.49. The van der Waals surface area contributed by atoms with Crippen molar-refractivity contribution in [1.82, 2.24) is 19.8 Å². The smallest absolute Gasteiger partial charge is 0.274 e. The van der Waals surface area contributed by atoms with Crippen LogP contribution in [0, 0.1) is 6.92 Å². The maximum absolute atomic E-state index is 12.7. The quantitative estimate of drug-likeness (QED) is 0.676. The molecule has 2 amide bonds. The number of carbonyl (C=O) groups is 2. The van der Waals surface area contributed by atoms with Crippen LogP contribution in [0.4, 0.5) is 5.69 Å². The molecule has 0 radical (unpaired) electrons. The summed E-state index contributed by atoms with van der Waals surface area (Å²) in [5.41, 5.74) is 2.16. The average Bonchev–Trinajstić information content (AvgIpc) is 2.76. The van der Waals surface area contributed by atoms with Crippen LogP contribution in [0.3, 0.4) is 0 Å². The lowest BCUT2D eigenvalue weighted by molar-refractivity contribution is -0.131. The van der Waals surface area contributed by atoms with Crippen molar-refractivity contribution in [2.45, 2.75) is 26.7 Å². The molecule has 0 aliphatic carbocycles. The summed E-state index contributed by atoms with van der Waals surface area (Å²) in [6, 6.07) is 7.77. The van der Waals surface area contributed by atoms with Gasteiger partial charge >= 0.3 is 0 Å². The van der Waals surface area contributed by atoms with Crippen molar-refractivity contribution in [3.63, 3.8) is 0 Å². The number of amides is 2. The number of hydrogen-bond acceptors (Lipinski definition) is 5. The van der Waals surface area contributed by atoms with Crippen LogP contribution in [0.15, 0.2) is 36.7 Å². The molecule has 1 saturated heterocycles. The monoisotopic (exact) mass is 429 g/mol. The van der Waals surface area contributed by atoms with Crippen molar-refractivity contribution < 1.29 is 9.59 Å². The van der Waals surface area contributed by atoms with Gasteiger partial charge < -0.3 is 14.7 Å². The van der Waals surface area contributed by atoms with Gasteiger partial charge in [-0.15, -0.1) is 0 Å². The van der Waals surface area contributed by atoms with Crippen LogP contribution in [0.2, 0.25) is 5.02 Å². The van der Waals surface area contributed by atoms with Gasteiger partial charge in [-0.05, 0) is 31.5 Å². The summed E-state index contributed by atoms with van der Waals surface area (Å²) in [5, 5.41) is 0.713. The highest BCUT2D eigenvalue weighted by Crippen LogP contribution is 2.21. The van der Waals surface area contributed by atoms with E-state index in [0.717, 1.165) is 30.9 Å². The number of nitrogens with zero attached hydrogens (tertiary/aromatic N) is 5. The second-order valence-electron chi connectivity index (χ2n) is 7.43. The molecule has 160 valence electrons. The standard InChI is InChI=1S/C22H28ClN5O2/c1-3-8-28(22(30)20-16-24-17(2)15-25-20)9-7-21(29)27-12-10-26(11-13-27)19-6-4-5-18(23)14-19/h4-6,14-16H,3,7-13H2,1-2H3. The fourth-order valence-electron chi connectivity index (χ4n) is 3.53. The molecule has 7 nitrogen and oxygen atoms in total. The first-order chi connectivity index (χ1) is 14.5. The van der Waals surface area contributed by atoms with E-state index in [1.807, 2.05) is 43.0 Å². The molecule has 0 bridgehead atoms. The molecule has 1 aliphatic rings. The largest absolute Gasteiger partial charge is 0.368 e. The first-order valence-electron chi connectivity index (χ1n) is 10.3. The molecule has 0 spiro atoms. The Bertz CT molecular complexity index is 866. The summed E-state index contributed by atoms with van der Waals surface area (Å²) in [6.45, 7) is 7.67. The van der Waals surface area contributed by atoms with Crippen LogP contribution in [-0.4, -0.2) is 70.9 Å². The fourth-order valence-corrected chi connectivity index (χ4v) is 3.71. The number of carbonyl (C=O) groups excluding carboxylic acids is 2. The molecule has 0 saturated carbocycles. The topological polar surface area (TPSA) is 69.6 Å². The number of piperazine rings is 1. The summed E-state index contributed by atoms with van der Waals surface area (Å²) in [7, 11) is 0. The van der Waals surface area contributed by atoms with Gasteiger partial charge in [0.25, 0.3) is 5.91 Å². The number of halogens is 1.